The molecular formula is C24H18CrN2O7S. The molecule has 2 aliphatic heterocycles. The summed E-state index contributed by atoms with van der Waals surface area (Å²) in [5, 5.41) is 6.10. The molecule has 1 aromatic heterocycles. The zero-order valence-electron chi connectivity index (χ0n) is 18.4. The molecule has 1 amide bonds. The first kappa shape index (κ1) is 34.3. The van der Waals surface area contributed by atoms with Crippen molar-refractivity contribution in [2.24, 2.45) is 0 Å². The zero-order valence-corrected chi connectivity index (χ0v) is 20.5. The summed E-state index contributed by atoms with van der Waals surface area (Å²) in [7, 11) is 0. The third-order valence-electron chi connectivity index (χ3n) is 4.44. The number of amides is 1. The summed E-state index contributed by atoms with van der Waals surface area (Å²) in [6.45, 7) is 25.8. The summed E-state index contributed by atoms with van der Waals surface area (Å²) in [4.78, 5) is 13.9. The molecule has 0 spiro atoms. The van der Waals surface area contributed by atoms with Gasteiger partial charge in [0.05, 0.1) is 0 Å². The van der Waals surface area contributed by atoms with Crippen molar-refractivity contribution >= 4 is 27.5 Å². The van der Waals surface area contributed by atoms with Crippen LogP contribution in [0.2, 0.25) is 0 Å². The molecule has 1 fully saturated rings. The standard InChI is InChI=1S/C19H18N2O2S.5CO.Cr/c1-2-23-13-15-18(14-7-4-3-5-8-14)21-17(22)10-11-20(21)19(15)16-9-6-12-24-16;5*1-2;/h3-9,12,19H,2,10-11H2,1H3;;;;;;/t19-;;;;;;/m1....../s1. The van der Waals surface area contributed by atoms with Gasteiger partial charge >= 0.3 is 216 Å². The molecule has 0 bridgehead atoms. The Morgan fingerprint density at radius 1 is 1.00 bits per heavy atom. The number of nitrogens with zero attached hydrogens (tertiary/aromatic N) is 2. The van der Waals surface area contributed by atoms with Crippen molar-refractivity contribution in [3.63, 3.8) is 0 Å². The Hall–Kier alpha value is -2.85. The maximum absolute atomic E-state index is 12.7. The van der Waals surface area contributed by atoms with Crippen LogP contribution in [0, 0.1) is 33.3 Å². The number of fused-ring (bicyclic) bond motifs is 1. The Bertz CT molecular complexity index is 1020. The van der Waals surface area contributed by atoms with Gasteiger partial charge in [-0.05, 0) is 0 Å². The van der Waals surface area contributed by atoms with Crippen molar-refractivity contribution in [1.29, 1.82) is 0 Å². The Kier molecular flexibility index (Phi) is 20.1. The first-order chi connectivity index (χ1) is 17.2. The van der Waals surface area contributed by atoms with E-state index in [0.29, 0.717) is 13.0 Å². The number of hydrogen-bond acceptors (Lipinski definition) is 4. The molecular weight excluding hydrogens is 512 g/mol. The average Bonchev–Trinajstić information content (AvgIpc) is 3.68. The van der Waals surface area contributed by atoms with Crippen LogP contribution in [0.1, 0.15) is 29.8 Å². The van der Waals surface area contributed by atoms with Crippen LogP contribution < -0.4 is 0 Å². The number of hydrogen-bond donors (Lipinski definition) is 0. The van der Waals surface area contributed by atoms with Crippen molar-refractivity contribution in [2.75, 3.05) is 13.2 Å². The van der Waals surface area contributed by atoms with Gasteiger partial charge in [-0.25, -0.2) is 0 Å². The monoisotopic (exact) mass is 530 g/mol. The van der Waals surface area contributed by atoms with E-state index in [9.17, 15) is 4.79 Å². The topological polar surface area (TPSA) is 132 Å². The van der Waals surface area contributed by atoms with Crippen molar-refractivity contribution in [2.45, 2.75) is 19.4 Å². The Labute approximate surface area is 215 Å². The van der Waals surface area contributed by atoms with Gasteiger partial charge in [0.1, 0.15) is 0 Å². The fourth-order valence-electron chi connectivity index (χ4n) is 3.48. The van der Waals surface area contributed by atoms with E-state index < -0.39 is 0 Å². The van der Waals surface area contributed by atoms with E-state index in [1.54, 1.807) is 11.3 Å². The van der Waals surface area contributed by atoms with Crippen molar-refractivity contribution in [1.82, 2.24) is 10.0 Å². The zero-order chi connectivity index (χ0) is 27.4. The normalized spacial score (nSPS) is 14.9. The van der Waals surface area contributed by atoms with Crippen LogP contribution in [0.4, 0.5) is 0 Å². The fraction of sp³-hybridized carbons (Fsp3) is 0.208. The molecule has 2 aliphatic rings. The predicted molar refractivity (Wildman–Crippen MR) is 115 cm³/mol. The molecule has 1 aromatic carbocycles. The van der Waals surface area contributed by atoms with Crippen LogP contribution in [0.15, 0.2) is 53.4 Å². The first-order valence-corrected chi connectivity index (χ1v) is 10.9. The number of hydrazine groups is 1. The van der Waals surface area contributed by atoms with Gasteiger partial charge < -0.3 is 0 Å². The third-order valence-corrected chi connectivity index (χ3v) is 5.89. The summed E-state index contributed by atoms with van der Waals surface area (Å²) in [5.41, 5.74) is 3.01. The van der Waals surface area contributed by atoms with Gasteiger partial charge in [0.25, 0.3) is 0 Å². The van der Waals surface area contributed by atoms with E-state index in [1.807, 2.05) is 30.1 Å². The molecule has 4 rings (SSSR count). The minimum absolute atomic E-state index is 0.00413. The predicted octanol–water partition coefficient (Wildman–Crippen LogP) is 3.19. The molecule has 0 N–H and O–H groups in total. The number of carbonyl (C=O) groups excluding carboxylic acids is 1. The number of benzene rings is 1. The average molecular weight is 530 g/mol. The van der Waals surface area contributed by atoms with Gasteiger partial charge in [0.2, 0.25) is 0 Å². The van der Waals surface area contributed by atoms with Crippen LogP contribution in [0.5, 0.6) is 0 Å². The number of ether oxygens (including phenoxy) is 1. The maximum atomic E-state index is 12.7. The molecule has 1 atom stereocenters. The third kappa shape index (κ3) is 8.40. The van der Waals surface area contributed by atoms with Crippen LogP contribution in [-0.4, -0.2) is 33.6 Å². The molecule has 178 valence electrons. The molecule has 3 heterocycles. The first-order valence-electron chi connectivity index (χ1n) is 9.34. The molecule has 1 saturated heterocycles. The van der Waals surface area contributed by atoms with Crippen LogP contribution in [0.25, 0.3) is 5.70 Å². The molecule has 35 heavy (non-hydrogen) atoms. The molecule has 0 saturated carbocycles. The Morgan fingerprint density at radius 3 is 2.06 bits per heavy atom. The fourth-order valence-corrected chi connectivity index (χ4v) is 4.83. The van der Waals surface area contributed by atoms with Crippen LogP contribution in [0.3, 0.4) is 0 Å². The van der Waals surface area contributed by atoms with E-state index in [-0.39, 0.29) is 11.9 Å². The second kappa shape index (κ2) is 20.5. The number of rotatable bonds is 5. The molecule has 0 aliphatic carbocycles. The van der Waals surface area contributed by atoms with E-state index in [0.717, 1.165) is 27.9 Å². The Morgan fingerprint density at radius 2 is 1.57 bits per heavy atom. The molecule has 0 radical (unpaired) electrons. The van der Waals surface area contributed by atoms with Crippen molar-refractivity contribution < 1.29 is 48.6 Å². The molecule has 0 unspecified atom stereocenters. The summed E-state index contributed by atoms with van der Waals surface area (Å²) in [6, 6.07) is 14.3. The van der Waals surface area contributed by atoms with Crippen molar-refractivity contribution in [3.05, 3.63) is 97.1 Å². The number of carbonyl (C=O) groups is 1. The van der Waals surface area contributed by atoms with Gasteiger partial charge in [-0.1, -0.05) is 0 Å². The summed E-state index contributed by atoms with van der Waals surface area (Å²) in [5.74, 6) is 0.139. The van der Waals surface area contributed by atoms with Gasteiger partial charge in [-0.2, -0.15) is 0 Å². The number of thiophene rings is 1. The second-order valence-corrected chi connectivity index (χ2v) is 7.44. The molecule has 2 aromatic rings. The van der Waals surface area contributed by atoms with Crippen molar-refractivity contribution in [3.8, 4) is 0 Å². The van der Waals surface area contributed by atoms with E-state index in [1.165, 1.54) is 4.88 Å². The van der Waals surface area contributed by atoms with Gasteiger partial charge in [0.15, 0.2) is 0 Å². The SMILES string of the molecule is CCO[C](=[Cr])C1=C(c2ccccc2)N2C(=O)CCN2[C@H]1c1cccs1.[C-]#[O+].[C-]#[O+].[C-]#[O+].[C-]#[O+].[C-]#[O+]. The van der Waals surface area contributed by atoms with Gasteiger partial charge in [-0.15, -0.1) is 0 Å². The summed E-state index contributed by atoms with van der Waals surface area (Å²) < 4.78 is 44.1. The second-order valence-electron chi connectivity index (χ2n) is 5.89. The quantitative estimate of drug-likeness (QED) is 0.434. The van der Waals surface area contributed by atoms with E-state index in [2.05, 4.69) is 83.8 Å². The molecule has 11 heteroatoms. The Balaban J connectivity index is 0. The van der Waals surface area contributed by atoms with E-state index >= 15 is 0 Å². The minimum atomic E-state index is 0.00413. The van der Waals surface area contributed by atoms with Crippen LogP contribution >= 0.6 is 11.3 Å². The summed E-state index contributed by atoms with van der Waals surface area (Å²) in [6.07, 6.45) is 0.545. The van der Waals surface area contributed by atoms with Gasteiger partial charge in [-0.3, -0.25) is 0 Å². The van der Waals surface area contributed by atoms with E-state index in [4.69, 9.17) is 28.0 Å². The van der Waals surface area contributed by atoms with Gasteiger partial charge in [0, 0.05) is 0 Å². The molecule has 9 nitrogen and oxygen atoms in total. The van der Waals surface area contributed by atoms with Crippen LogP contribution in [-0.2, 0) is 48.6 Å². The summed E-state index contributed by atoms with van der Waals surface area (Å²) >= 11 is 4.80.